The first kappa shape index (κ1) is 12.5. The maximum atomic E-state index is 6.07. The molecule has 0 saturated carbocycles. The minimum Gasteiger partial charge on any atom is -0.339 e. The second-order valence-corrected chi connectivity index (χ2v) is 5.02. The number of aromatic nitrogens is 2. The van der Waals surface area contributed by atoms with Gasteiger partial charge in [-0.3, -0.25) is 4.90 Å². The Labute approximate surface area is 102 Å². The number of aryl methyl sites for hydroxylation is 1. The highest BCUT2D eigenvalue weighted by atomic mass is 16.5. The van der Waals surface area contributed by atoms with Crippen LogP contribution in [-0.2, 0) is 13.0 Å². The Bertz CT molecular complexity index is 352. The molecule has 1 fully saturated rings. The van der Waals surface area contributed by atoms with E-state index in [9.17, 15) is 0 Å². The first-order valence-corrected chi connectivity index (χ1v) is 6.48. The van der Waals surface area contributed by atoms with Crippen molar-refractivity contribution in [2.24, 2.45) is 11.7 Å². The fraction of sp³-hybridized carbons (Fsp3) is 0.833. The van der Waals surface area contributed by atoms with Crippen LogP contribution in [0.15, 0.2) is 4.52 Å². The zero-order chi connectivity index (χ0) is 12.3. The topological polar surface area (TPSA) is 68.2 Å². The van der Waals surface area contributed by atoms with Gasteiger partial charge >= 0.3 is 0 Å². The van der Waals surface area contributed by atoms with Crippen LogP contribution in [0.1, 0.15) is 38.4 Å². The quantitative estimate of drug-likeness (QED) is 0.853. The number of nitrogens with two attached hydrogens (primary N) is 1. The van der Waals surface area contributed by atoms with E-state index in [-0.39, 0.29) is 6.04 Å². The highest BCUT2D eigenvalue weighted by molar-refractivity contribution is 4.89. The summed E-state index contributed by atoms with van der Waals surface area (Å²) in [6.45, 7) is 7.09. The normalized spacial score (nSPS) is 26.3. The fourth-order valence-corrected chi connectivity index (χ4v) is 2.18. The molecular formula is C12H22N4O. The first-order chi connectivity index (χ1) is 8.19. The fourth-order valence-electron chi connectivity index (χ4n) is 2.18. The summed E-state index contributed by atoms with van der Waals surface area (Å²) in [4.78, 5) is 6.69. The molecule has 0 spiro atoms. The van der Waals surface area contributed by atoms with Gasteiger partial charge in [0.05, 0.1) is 6.54 Å². The third kappa shape index (κ3) is 3.26. The Balaban J connectivity index is 1.87. The van der Waals surface area contributed by atoms with Gasteiger partial charge in [0.15, 0.2) is 5.82 Å². The third-order valence-electron chi connectivity index (χ3n) is 3.44. The lowest BCUT2D eigenvalue weighted by molar-refractivity contribution is 0.157. The van der Waals surface area contributed by atoms with Crippen molar-refractivity contribution in [3.63, 3.8) is 0 Å². The van der Waals surface area contributed by atoms with Gasteiger partial charge in [0.25, 0.3) is 0 Å². The van der Waals surface area contributed by atoms with Crippen molar-refractivity contribution in [1.82, 2.24) is 15.0 Å². The molecule has 0 aliphatic carbocycles. The number of likely N-dealkylation sites (tertiary alicyclic amines) is 1. The van der Waals surface area contributed by atoms with Gasteiger partial charge in [0.1, 0.15) is 0 Å². The molecule has 0 aromatic carbocycles. The molecule has 1 aliphatic rings. The summed E-state index contributed by atoms with van der Waals surface area (Å²) in [6.07, 6.45) is 3.05. The summed E-state index contributed by atoms with van der Waals surface area (Å²) in [7, 11) is 0. The molecule has 2 heterocycles. The molecule has 2 N–H and O–H groups in total. The predicted molar refractivity (Wildman–Crippen MR) is 65.3 cm³/mol. The first-order valence-electron chi connectivity index (χ1n) is 6.48. The average molecular weight is 238 g/mol. The summed E-state index contributed by atoms with van der Waals surface area (Å²) in [5.74, 6) is 2.15. The van der Waals surface area contributed by atoms with Gasteiger partial charge in [-0.05, 0) is 25.3 Å². The van der Waals surface area contributed by atoms with Gasteiger partial charge in [-0.25, -0.2) is 0 Å². The minimum atomic E-state index is 0.269. The summed E-state index contributed by atoms with van der Waals surface area (Å²) >= 11 is 0. The lowest BCUT2D eigenvalue weighted by Gasteiger charge is -2.34. The molecule has 1 aromatic heterocycles. The van der Waals surface area contributed by atoms with Crippen molar-refractivity contribution >= 4 is 0 Å². The van der Waals surface area contributed by atoms with Crippen molar-refractivity contribution in [3.8, 4) is 0 Å². The van der Waals surface area contributed by atoms with E-state index in [2.05, 4.69) is 28.9 Å². The van der Waals surface area contributed by atoms with Gasteiger partial charge in [0, 0.05) is 19.0 Å². The van der Waals surface area contributed by atoms with Gasteiger partial charge in [0.2, 0.25) is 5.89 Å². The molecule has 17 heavy (non-hydrogen) atoms. The van der Waals surface area contributed by atoms with E-state index >= 15 is 0 Å². The van der Waals surface area contributed by atoms with Crippen LogP contribution in [0.25, 0.3) is 0 Å². The average Bonchev–Trinajstić information content (AvgIpc) is 2.72. The van der Waals surface area contributed by atoms with E-state index in [1.165, 1.54) is 0 Å². The zero-order valence-electron chi connectivity index (χ0n) is 10.7. The summed E-state index contributed by atoms with van der Waals surface area (Å²) in [5.41, 5.74) is 6.07. The Hall–Kier alpha value is -0.940. The van der Waals surface area contributed by atoms with Crippen molar-refractivity contribution in [3.05, 3.63) is 11.7 Å². The van der Waals surface area contributed by atoms with Crippen LogP contribution in [0.4, 0.5) is 0 Å². The highest BCUT2D eigenvalue weighted by Gasteiger charge is 2.24. The zero-order valence-corrected chi connectivity index (χ0v) is 10.7. The smallest absolute Gasteiger partial charge is 0.226 e. The van der Waals surface area contributed by atoms with Crippen molar-refractivity contribution in [2.45, 2.75) is 45.7 Å². The molecule has 96 valence electrons. The Morgan fingerprint density at radius 1 is 1.53 bits per heavy atom. The van der Waals surface area contributed by atoms with Crippen LogP contribution in [0.5, 0.6) is 0 Å². The van der Waals surface area contributed by atoms with Crippen LogP contribution in [-0.4, -0.2) is 34.2 Å². The SMILES string of the molecule is CCCc1nc(CN2CCC(C)C(N)C2)no1. The molecule has 0 bridgehead atoms. The van der Waals surface area contributed by atoms with Gasteiger partial charge in [-0.2, -0.15) is 4.98 Å². The lowest BCUT2D eigenvalue weighted by Crippen LogP contribution is -2.47. The molecule has 2 rings (SSSR count). The molecule has 2 atom stereocenters. The molecular weight excluding hydrogens is 216 g/mol. The largest absolute Gasteiger partial charge is 0.339 e. The number of rotatable bonds is 4. The van der Waals surface area contributed by atoms with Gasteiger partial charge < -0.3 is 10.3 Å². The maximum Gasteiger partial charge on any atom is 0.226 e. The highest BCUT2D eigenvalue weighted by Crippen LogP contribution is 2.16. The monoisotopic (exact) mass is 238 g/mol. The third-order valence-corrected chi connectivity index (χ3v) is 3.44. The maximum absolute atomic E-state index is 6.07. The molecule has 0 amide bonds. The minimum absolute atomic E-state index is 0.269. The summed E-state index contributed by atoms with van der Waals surface area (Å²) < 4.78 is 5.18. The molecule has 0 radical (unpaired) electrons. The number of hydrogen-bond acceptors (Lipinski definition) is 5. The lowest BCUT2D eigenvalue weighted by atomic mass is 9.94. The second-order valence-electron chi connectivity index (χ2n) is 5.02. The van der Waals surface area contributed by atoms with Crippen molar-refractivity contribution < 1.29 is 4.52 Å². The van der Waals surface area contributed by atoms with Crippen LogP contribution in [0.2, 0.25) is 0 Å². The van der Waals surface area contributed by atoms with Gasteiger partial charge in [-0.15, -0.1) is 0 Å². The number of nitrogens with zero attached hydrogens (tertiary/aromatic N) is 3. The van der Waals surface area contributed by atoms with Crippen LogP contribution in [0, 0.1) is 5.92 Å². The standard InChI is InChI=1S/C12H22N4O/c1-3-4-12-14-11(15-17-12)8-16-6-5-9(2)10(13)7-16/h9-10H,3-8,13H2,1-2H3. The van der Waals surface area contributed by atoms with E-state index in [1.807, 2.05) is 0 Å². The Kier molecular flexibility index (Phi) is 4.12. The Morgan fingerprint density at radius 3 is 3.06 bits per heavy atom. The van der Waals surface area contributed by atoms with E-state index in [4.69, 9.17) is 10.3 Å². The van der Waals surface area contributed by atoms with Crippen molar-refractivity contribution in [1.29, 1.82) is 0 Å². The van der Waals surface area contributed by atoms with Crippen LogP contribution >= 0.6 is 0 Å². The van der Waals surface area contributed by atoms with E-state index < -0.39 is 0 Å². The summed E-state index contributed by atoms with van der Waals surface area (Å²) in [5, 5.41) is 4.00. The Morgan fingerprint density at radius 2 is 2.35 bits per heavy atom. The number of piperidine rings is 1. The van der Waals surface area contributed by atoms with E-state index in [1.54, 1.807) is 0 Å². The predicted octanol–water partition coefficient (Wildman–Crippen LogP) is 1.19. The van der Waals surface area contributed by atoms with E-state index in [0.717, 1.165) is 50.6 Å². The van der Waals surface area contributed by atoms with Crippen LogP contribution in [0.3, 0.4) is 0 Å². The van der Waals surface area contributed by atoms with Crippen molar-refractivity contribution in [2.75, 3.05) is 13.1 Å². The van der Waals surface area contributed by atoms with E-state index in [0.29, 0.717) is 5.92 Å². The molecule has 1 saturated heterocycles. The summed E-state index contributed by atoms with van der Waals surface area (Å²) in [6, 6.07) is 0.269. The molecule has 1 aromatic rings. The molecule has 1 aliphatic heterocycles. The molecule has 5 heteroatoms. The number of hydrogen-bond donors (Lipinski definition) is 1. The van der Waals surface area contributed by atoms with Gasteiger partial charge in [-0.1, -0.05) is 19.0 Å². The molecule has 2 unspecified atom stereocenters. The molecule has 5 nitrogen and oxygen atoms in total. The van der Waals surface area contributed by atoms with Crippen LogP contribution < -0.4 is 5.73 Å². The second kappa shape index (κ2) is 5.60.